The molecule has 0 amide bonds. The van der Waals surface area contributed by atoms with Crippen LogP contribution in [0.4, 0.5) is 10.1 Å². The second kappa shape index (κ2) is 4.28. The largest absolute Gasteiger partial charge is 0.459 e. The van der Waals surface area contributed by atoms with Crippen molar-refractivity contribution >= 4 is 11.7 Å². The van der Waals surface area contributed by atoms with Crippen LogP contribution in [0, 0.1) is 17.7 Å². The number of nitrogen functional groups attached to an aromatic ring is 1. The van der Waals surface area contributed by atoms with E-state index in [1.54, 1.807) is 0 Å². The van der Waals surface area contributed by atoms with Gasteiger partial charge in [-0.2, -0.15) is 0 Å². The normalized spacial score (nSPS) is 8.71. The fourth-order valence-electron chi connectivity index (χ4n) is 0.815. The number of hydrogen-bond acceptors (Lipinski definition) is 3. The molecule has 3 nitrogen and oxygen atoms in total. The van der Waals surface area contributed by atoms with Crippen molar-refractivity contribution in [2.75, 3.05) is 12.8 Å². The highest BCUT2D eigenvalue weighted by Gasteiger charge is 2.01. The number of methoxy groups -OCH3 is 1. The molecule has 0 bridgehead atoms. The Balaban J connectivity index is 3.01. The minimum atomic E-state index is -0.686. The number of halogens is 1. The Morgan fingerprint density at radius 2 is 2.29 bits per heavy atom. The highest BCUT2D eigenvalue weighted by molar-refractivity contribution is 5.89. The summed E-state index contributed by atoms with van der Waals surface area (Å²) >= 11 is 0. The first kappa shape index (κ1) is 10.1. The SMILES string of the molecule is COC(=O)C#Cc1cccc(F)c1N. The number of rotatable bonds is 0. The molecule has 0 unspecified atom stereocenters. The summed E-state index contributed by atoms with van der Waals surface area (Å²) in [5.41, 5.74) is 5.59. The lowest BCUT2D eigenvalue weighted by Crippen LogP contribution is -1.97. The van der Waals surface area contributed by atoms with Crippen LogP contribution >= 0.6 is 0 Å². The van der Waals surface area contributed by atoms with E-state index in [2.05, 4.69) is 16.6 Å². The number of para-hydroxylation sites is 1. The van der Waals surface area contributed by atoms with E-state index < -0.39 is 11.8 Å². The third-order valence-electron chi connectivity index (χ3n) is 1.54. The van der Waals surface area contributed by atoms with E-state index in [0.29, 0.717) is 0 Å². The molecular weight excluding hydrogens is 185 g/mol. The standard InChI is InChI=1S/C10H8FNO2/c1-14-9(13)6-5-7-3-2-4-8(11)10(7)12/h2-4H,12H2,1H3. The lowest BCUT2D eigenvalue weighted by Gasteiger charge is -1.97. The molecular formula is C10H8FNO2. The van der Waals surface area contributed by atoms with E-state index in [1.165, 1.54) is 25.3 Å². The maximum absolute atomic E-state index is 12.9. The predicted molar refractivity (Wildman–Crippen MR) is 49.7 cm³/mol. The maximum atomic E-state index is 12.9. The number of anilines is 1. The molecule has 72 valence electrons. The fourth-order valence-corrected chi connectivity index (χ4v) is 0.815. The average Bonchev–Trinajstić information content (AvgIpc) is 2.20. The number of esters is 1. The molecule has 0 aromatic heterocycles. The van der Waals surface area contributed by atoms with Crippen LogP contribution in [0.1, 0.15) is 5.56 Å². The molecule has 2 N–H and O–H groups in total. The molecule has 0 aliphatic heterocycles. The fraction of sp³-hybridized carbons (Fsp3) is 0.100. The zero-order valence-electron chi connectivity index (χ0n) is 7.50. The van der Waals surface area contributed by atoms with Gasteiger partial charge in [0.15, 0.2) is 0 Å². The number of hydrogen-bond donors (Lipinski definition) is 1. The molecule has 0 aliphatic rings. The number of nitrogens with two attached hydrogens (primary N) is 1. The number of carbonyl (C=O) groups is 1. The lowest BCUT2D eigenvalue weighted by atomic mass is 10.2. The molecule has 1 rings (SSSR count). The van der Waals surface area contributed by atoms with Crippen molar-refractivity contribution in [1.82, 2.24) is 0 Å². The zero-order valence-corrected chi connectivity index (χ0v) is 7.50. The second-order valence-electron chi connectivity index (χ2n) is 2.44. The van der Waals surface area contributed by atoms with Gasteiger partial charge < -0.3 is 10.5 Å². The molecule has 0 fully saturated rings. The van der Waals surface area contributed by atoms with Gasteiger partial charge in [-0.1, -0.05) is 12.0 Å². The molecule has 1 aromatic carbocycles. The molecule has 4 heteroatoms. The third kappa shape index (κ3) is 2.23. The molecule has 0 heterocycles. The Morgan fingerprint density at radius 3 is 2.93 bits per heavy atom. The monoisotopic (exact) mass is 193 g/mol. The molecule has 0 aliphatic carbocycles. The van der Waals surface area contributed by atoms with Crippen molar-refractivity contribution in [1.29, 1.82) is 0 Å². The topological polar surface area (TPSA) is 52.3 Å². The van der Waals surface area contributed by atoms with Gasteiger partial charge >= 0.3 is 5.97 Å². The minimum absolute atomic E-state index is 0.0658. The van der Waals surface area contributed by atoms with Crippen molar-refractivity contribution in [3.8, 4) is 11.8 Å². The van der Waals surface area contributed by atoms with E-state index in [9.17, 15) is 9.18 Å². The molecule has 0 spiro atoms. The number of carbonyl (C=O) groups excluding carboxylic acids is 1. The number of ether oxygens (including phenoxy) is 1. The van der Waals surface area contributed by atoms with Crippen molar-refractivity contribution in [3.63, 3.8) is 0 Å². The molecule has 1 aromatic rings. The van der Waals surface area contributed by atoms with Gasteiger partial charge in [0.25, 0.3) is 0 Å². The summed E-state index contributed by atoms with van der Waals surface area (Å²) < 4.78 is 17.2. The van der Waals surface area contributed by atoms with Crippen LogP contribution in [0.2, 0.25) is 0 Å². The van der Waals surface area contributed by atoms with Crippen molar-refractivity contribution in [2.24, 2.45) is 0 Å². The Labute approximate surface area is 80.7 Å². The van der Waals surface area contributed by atoms with Gasteiger partial charge in [-0.25, -0.2) is 9.18 Å². The Hall–Kier alpha value is -2.02. The van der Waals surface area contributed by atoms with Gasteiger partial charge in [0.2, 0.25) is 0 Å². The highest BCUT2D eigenvalue weighted by atomic mass is 19.1. The first-order valence-electron chi connectivity index (χ1n) is 3.79. The van der Waals surface area contributed by atoms with Crippen LogP contribution < -0.4 is 5.73 Å². The summed E-state index contributed by atoms with van der Waals surface area (Å²) in [4.78, 5) is 10.7. The van der Waals surface area contributed by atoms with Crippen LogP contribution in [-0.2, 0) is 9.53 Å². The zero-order chi connectivity index (χ0) is 10.6. The molecule has 0 saturated carbocycles. The molecule has 14 heavy (non-hydrogen) atoms. The van der Waals surface area contributed by atoms with Gasteiger partial charge in [-0.15, -0.1) is 0 Å². The van der Waals surface area contributed by atoms with E-state index in [1.807, 2.05) is 0 Å². The summed E-state index contributed by atoms with van der Waals surface area (Å²) in [6.07, 6.45) is 0. The van der Waals surface area contributed by atoms with Crippen LogP contribution in [0.15, 0.2) is 18.2 Å². The Bertz CT molecular complexity index is 418. The Morgan fingerprint density at radius 1 is 1.57 bits per heavy atom. The van der Waals surface area contributed by atoms with Crippen LogP contribution in [0.25, 0.3) is 0 Å². The highest BCUT2D eigenvalue weighted by Crippen LogP contribution is 2.13. The number of benzene rings is 1. The summed E-state index contributed by atoms with van der Waals surface area (Å²) in [7, 11) is 1.21. The molecule has 0 saturated heterocycles. The second-order valence-corrected chi connectivity index (χ2v) is 2.44. The van der Waals surface area contributed by atoms with E-state index in [0.717, 1.165) is 0 Å². The lowest BCUT2D eigenvalue weighted by molar-refractivity contribution is -0.133. The van der Waals surface area contributed by atoms with Gasteiger partial charge in [-0.3, -0.25) is 0 Å². The van der Waals surface area contributed by atoms with E-state index in [-0.39, 0.29) is 11.3 Å². The first-order chi connectivity index (χ1) is 6.65. The molecule has 0 atom stereocenters. The van der Waals surface area contributed by atoms with Crippen LogP contribution in [0.3, 0.4) is 0 Å². The minimum Gasteiger partial charge on any atom is -0.459 e. The van der Waals surface area contributed by atoms with E-state index in [4.69, 9.17) is 5.73 Å². The van der Waals surface area contributed by atoms with Gasteiger partial charge in [-0.05, 0) is 12.1 Å². The molecule has 0 radical (unpaired) electrons. The van der Waals surface area contributed by atoms with Crippen LogP contribution in [0.5, 0.6) is 0 Å². The van der Waals surface area contributed by atoms with E-state index >= 15 is 0 Å². The summed E-state index contributed by atoms with van der Waals surface area (Å²) in [5, 5.41) is 0. The summed E-state index contributed by atoms with van der Waals surface area (Å²) in [5.74, 6) is 3.33. The summed E-state index contributed by atoms with van der Waals surface area (Å²) in [6.45, 7) is 0. The van der Waals surface area contributed by atoms with Crippen molar-refractivity contribution in [3.05, 3.63) is 29.6 Å². The van der Waals surface area contributed by atoms with Gasteiger partial charge in [0.05, 0.1) is 18.4 Å². The summed E-state index contributed by atoms with van der Waals surface area (Å²) in [6, 6.07) is 4.21. The van der Waals surface area contributed by atoms with Crippen molar-refractivity contribution < 1.29 is 13.9 Å². The maximum Gasteiger partial charge on any atom is 0.384 e. The van der Waals surface area contributed by atoms with Crippen molar-refractivity contribution in [2.45, 2.75) is 0 Å². The predicted octanol–water partition coefficient (Wildman–Crippen LogP) is 0.932. The first-order valence-corrected chi connectivity index (χ1v) is 3.79. The van der Waals surface area contributed by atoms with Gasteiger partial charge in [0.1, 0.15) is 5.82 Å². The quantitative estimate of drug-likeness (QED) is 0.379. The van der Waals surface area contributed by atoms with Gasteiger partial charge in [0, 0.05) is 5.92 Å². The Kier molecular flexibility index (Phi) is 3.08. The third-order valence-corrected chi connectivity index (χ3v) is 1.54. The average molecular weight is 193 g/mol. The smallest absolute Gasteiger partial charge is 0.384 e. The van der Waals surface area contributed by atoms with Crippen LogP contribution in [-0.4, -0.2) is 13.1 Å².